The number of hydrogen-bond acceptors (Lipinski definition) is 3. The van der Waals surface area contributed by atoms with Crippen LogP contribution in [-0.2, 0) is 0 Å². The zero-order valence-corrected chi connectivity index (χ0v) is 12.9. The van der Waals surface area contributed by atoms with Gasteiger partial charge in [0.15, 0.2) is 5.78 Å². The van der Waals surface area contributed by atoms with Crippen molar-refractivity contribution in [2.24, 2.45) is 0 Å². The summed E-state index contributed by atoms with van der Waals surface area (Å²) in [6, 6.07) is 4.58. The molecule has 0 saturated carbocycles. The lowest BCUT2D eigenvalue weighted by Crippen LogP contribution is -2.37. The number of halogens is 2. The number of rotatable bonds is 6. The summed E-state index contributed by atoms with van der Waals surface area (Å²) >= 11 is 11.9. The van der Waals surface area contributed by atoms with E-state index in [9.17, 15) is 9.90 Å². The van der Waals surface area contributed by atoms with Gasteiger partial charge in [0.25, 0.3) is 0 Å². The molecule has 0 aliphatic carbocycles. The lowest BCUT2D eigenvalue weighted by molar-refractivity contribution is 0.0844. The standard InChI is InChI=1S/C14H19Cl2NO2/c1-9(18)6-7-17(3)10(2)14(19)12-5-4-11(15)8-13(12)16/h4-5,8-10,18H,6-7H2,1-3H3. The predicted molar refractivity (Wildman–Crippen MR) is 79.2 cm³/mol. The summed E-state index contributed by atoms with van der Waals surface area (Å²) in [6.45, 7) is 4.21. The maximum Gasteiger partial charge on any atom is 0.181 e. The van der Waals surface area contributed by atoms with E-state index in [1.165, 1.54) is 0 Å². The molecule has 1 aromatic rings. The van der Waals surface area contributed by atoms with Crippen LogP contribution in [0.5, 0.6) is 0 Å². The fourth-order valence-corrected chi connectivity index (χ4v) is 2.20. The van der Waals surface area contributed by atoms with Crippen LogP contribution in [-0.4, -0.2) is 41.5 Å². The molecule has 1 aromatic carbocycles. The number of nitrogens with zero attached hydrogens (tertiary/aromatic N) is 1. The molecule has 0 heterocycles. The smallest absolute Gasteiger partial charge is 0.181 e. The molecule has 0 saturated heterocycles. The number of carbonyl (C=O) groups excluding carboxylic acids is 1. The number of aliphatic hydroxyl groups excluding tert-OH is 1. The topological polar surface area (TPSA) is 40.5 Å². The Hall–Kier alpha value is -0.610. The Kier molecular flexibility index (Phi) is 6.27. The maximum atomic E-state index is 12.3. The highest BCUT2D eigenvalue weighted by Crippen LogP contribution is 2.23. The molecule has 106 valence electrons. The van der Waals surface area contributed by atoms with Crippen LogP contribution in [0, 0.1) is 0 Å². The Morgan fingerprint density at radius 1 is 1.37 bits per heavy atom. The van der Waals surface area contributed by atoms with Crippen molar-refractivity contribution in [3.8, 4) is 0 Å². The normalized spacial score (nSPS) is 14.5. The first kappa shape index (κ1) is 16.4. The number of likely N-dealkylation sites (N-methyl/N-ethyl adjacent to an activating group) is 1. The van der Waals surface area contributed by atoms with E-state index in [0.717, 1.165) is 0 Å². The zero-order chi connectivity index (χ0) is 14.6. The van der Waals surface area contributed by atoms with Crippen LogP contribution in [0.2, 0.25) is 10.0 Å². The summed E-state index contributed by atoms with van der Waals surface area (Å²) in [6.07, 6.45) is 0.256. The molecule has 0 amide bonds. The van der Waals surface area contributed by atoms with Gasteiger partial charge in [0, 0.05) is 17.1 Å². The van der Waals surface area contributed by atoms with Crippen LogP contribution >= 0.6 is 23.2 Å². The zero-order valence-electron chi connectivity index (χ0n) is 11.4. The Labute approximate surface area is 124 Å². The number of benzene rings is 1. The minimum absolute atomic E-state index is 0.0465. The Bertz CT molecular complexity index is 449. The van der Waals surface area contributed by atoms with E-state index in [-0.39, 0.29) is 17.9 Å². The first-order valence-corrected chi connectivity index (χ1v) is 6.96. The molecule has 19 heavy (non-hydrogen) atoms. The highest BCUT2D eigenvalue weighted by molar-refractivity contribution is 6.37. The number of hydrogen-bond donors (Lipinski definition) is 1. The minimum atomic E-state index is -0.371. The molecule has 2 atom stereocenters. The quantitative estimate of drug-likeness (QED) is 0.820. The van der Waals surface area contributed by atoms with Crippen LogP contribution in [0.1, 0.15) is 30.6 Å². The van der Waals surface area contributed by atoms with Gasteiger partial charge in [-0.1, -0.05) is 23.2 Å². The van der Waals surface area contributed by atoms with Gasteiger partial charge in [-0.15, -0.1) is 0 Å². The SMILES string of the molecule is CC(O)CCN(C)C(C)C(=O)c1ccc(Cl)cc1Cl. The third-order valence-electron chi connectivity index (χ3n) is 3.14. The van der Waals surface area contributed by atoms with Crippen LogP contribution in [0.25, 0.3) is 0 Å². The van der Waals surface area contributed by atoms with Gasteiger partial charge < -0.3 is 5.11 Å². The van der Waals surface area contributed by atoms with Crippen molar-refractivity contribution in [1.82, 2.24) is 4.90 Å². The van der Waals surface area contributed by atoms with Gasteiger partial charge in [-0.25, -0.2) is 0 Å². The third-order valence-corrected chi connectivity index (χ3v) is 3.68. The van der Waals surface area contributed by atoms with E-state index in [2.05, 4.69) is 0 Å². The average Bonchev–Trinajstić information content (AvgIpc) is 2.34. The summed E-state index contributed by atoms with van der Waals surface area (Å²) in [5.41, 5.74) is 0.475. The van der Waals surface area contributed by atoms with Gasteiger partial charge in [-0.05, 0) is 45.5 Å². The van der Waals surface area contributed by atoms with Gasteiger partial charge in [0.1, 0.15) is 0 Å². The second-order valence-corrected chi connectivity index (χ2v) is 5.63. The van der Waals surface area contributed by atoms with Crippen molar-refractivity contribution >= 4 is 29.0 Å². The van der Waals surface area contributed by atoms with Crippen LogP contribution < -0.4 is 0 Å². The monoisotopic (exact) mass is 303 g/mol. The van der Waals surface area contributed by atoms with E-state index in [1.54, 1.807) is 25.1 Å². The molecule has 0 spiro atoms. The lowest BCUT2D eigenvalue weighted by atomic mass is 10.0. The maximum absolute atomic E-state index is 12.3. The second kappa shape index (κ2) is 7.25. The summed E-state index contributed by atoms with van der Waals surface area (Å²) in [5.74, 6) is -0.0465. The van der Waals surface area contributed by atoms with Gasteiger partial charge in [-0.3, -0.25) is 9.69 Å². The van der Waals surface area contributed by atoms with Crippen LogP contribution in [0.15, 0.2) is 18.2 Å². The van der Waals surface area contributed by atoms with E-state index in [1.807, 2.05) is 18.9 Å². The number of ketones is 1. The number of aliphatic hydroxyl groups is 1. The van der Waals surface area contributed by atoms with Crippen molar-refractivity contribution in [2.75, 3.05) is 13.6 Å². The van der Waals surface area contributed by atoms with Crippen LogP contribution in [0.4, 0.5) is 0 Å². The fourth-order valence-electron chi connectivity index (χ4n) is 1.70. The fraction of sp³-hybridized carbons (Fsp3) is 0.500. The number of carbonyl (C=O) groups is 1. The molecular formula is C14H19Cl2NO2. The summed E-state index contributed by atoms with van der Waals surface area (Å²) in [5, 5.41) is 10.1. The van der Waals surface area contributed by atoms with Gasteiger partial charge >= 0.3 is 0 Å². The second-order valence-electron chi connectivity index (χ2n) is 4.78. The van der Waals surface area contributed by atoms with E-state index in [4.69, 9.17) is 23.2 Å². The van der Waals surface area contributed by atoms with Gasteiger partial charge in [-0.2, -0.15) is 0 Å². The van der Waals surface area contributed by atoms with E-state index in [0.29, 0.717) is 28.6 Å². The van der Waals surface area contributed by atoms with E-state index < -0.39 is 0 Å². The molecule has 3 nitrogen and oxygen atoms in total. The lowest BCUT2D eigenvalue weighted by Gasteiger charge is -2.24. The summed E-state index contributed by atoms with van der Waals surface area (Å²) < 4.78 is 0. The van der Waals surface area contributed by atoms with Gasteiger partial charge in [0.05, 0.1) is 17.2 Å². The highest BCUT2D eigenvalue weighted by atomic mass is 35.5. The van der Waals surface area contributed by atoms with E-state index >= 15 is 0 Å². The molecule has 0 fully saturated rings. The van der Waals surface area contributed by atoms with Crippen molar-refractivity contribution in [2.45, 2.75) is 32.4 Å². The molecule has 1 rings (SSSR count). The molecular weight excluding hydrogens is 285 g/mol. The van der Waals surface area contributed by atoms with Crippen molar-refractivity contribution in [3.63, 3.8) is 0 Å². The number of Topliss-reactive ketones (excluding diaryl/α,β-unsaturated/α-hetero) is 1. The Balaban J connectivity index is 2.76. The molecule has 1 N–H and O–H groups in total. The minimum Gasteiger partial charge on any atom is -0.393 e. The molecule has 2 unspecified atom stereocenters. The first-order chi connectivity index (χ1) is 8.82. The Morgan fingerprint density at radius 3 is 2.53 bits per heavy atom. The molecule has 0 radical (unpaired) electrons. The van der Waals surface area contributed by atoms with Crippen molar-refractivity contribution < 1.29 is 9.90 Å². The average molecular weight is 304 g/mol. The van der Waals surface area contributed by atoms with Gasteiger partial charge in [0.2, 0.25) is 0 Å². The molecule has 0 aliphatic heterocycles. The molecule has 5 heteroatoms. The molecule has 0 aromatic heterocycles. The van der Waals surface area contributed by atoms with Crippen molar-refractivity contribution in [3.05, 3.63) is 33.8 Å². The van der Waals surface area contributed by atoms with Crippen molar-refractivity contribution in [1.29, 1.82) is 0 Å². The first-order valence-electron chi connectivity index (χ1n) is 6.20. The highest BCUT2D eigenvalue weighted by Gasteiger charge is 2.21. The largest absolute Gasteiger partial charge is 0.393 e. The summed E-state index contributed by atoms with van der Waals surface area (Å²) in [7, 11) is 1.86. The molecule has 0 aliphatic rings. The third kappa shape index (κ3) is 4.77. The Morgan fingerprint density at radius 2 is 2.00 bits per heavy atom. The predicted octanol–water partition coefficient (Wildman–Crippen LogP) is 3.27. The van der Waals surface area contributed by atoms with Crippen LogP contribution in [0.3, 0.4) is 0 Å². The molecule has 0 bridgehead atoms. The summed E-state index contributed by atoms with van der Waals surface area (Å²) in [4.78, 5) is 14.2.